The predicted octanol–water partition coefficient (Wildman–Crippen LogP) is 1.52. The van der Waals surface area contributed by atoms with Crippen molar-refractivity contribution in [1.29, 1.82) is 0 Å². The van der Waals surface area contributed by atoms with Gasteiger partial charge in [0.1, 0.15) is 12.4 Å². The normalized spacial score (nSPS) is 10.7. The summed E-state index contributed by atoms with van der Waals surface area (Å²) in [5, 5.41) is 11.0. The van der Waals surface area contributed by atoms with Crippen molar-refractivity contribution in [3.05, 3.63) is 29.3 Å². The molecule has 0 aromatic carbocycles. The first kappa shape index (κ1) is 13.6. The molecule has 0 saturated carbocycles. The summed E-state index contributed by atoms with van der Waals surface area (Å²) in [7, 11) is 1.65. The van der Waals surface area contributed by atoms with Gasteiger partial charge in [-0.05, 0) is 6.92 Å². The molecule has 2 aromatic heterocycles. The summed E-state index contributed by atoms with van der Waals surface area (Å²) in [4.78, 5) is 12.0. The molecule has 0 bridgehead atoms. The highest BCUT2D eigenvalue weighted by atomic mass is 35.5. The molecule has 0 radical (unpaired) electrons. The molecule has 2 rings (SSSR count). The average molecular weight is 284 g/mol. The third-order valence-corrected chi connectivity index (χ3v) is 2.70. The maximum Gasteiger partial charge on any atom is 0.275 e. The minimum atomic E-state index is -0.332. The van der Waals surface area contributed by atoms with Crippen molar-refractivity contribution in [2.75, 3.05) is 11.9 Å². The van der Waals surface area contributed by atoms with Gasteiger partial charge in [-0.15, -0.1) is 0 Å². The topological polar surface area (TPSA) is 74.0 Å². The van der Waals surface area contributed by atoms with E-state index in [4.69, 9.17) is 16.3 Å². The molecule has 2 heterocycles. The van der Waals surface area contributed by atoms with E-state index in [9.17, 15) is 4.79 Å². The van der Waals surface area contributed by atoms with E-state index in [1.807, 2.05) is 6.92 Å². The van der Waals surface area contributed by atoms with Crippen LogP contribution in [0.2, 0.25) is 5.02 Å². The highest BCUT2D eigenvalue weighted by Crippen LogP contribution is 2.16. The van der Waals surface area contributed by atoms with Crippen LogP contribution < -0.4 is 5.32 Å². The maximum atomic E-state index is 12.0. The van der Waals surface area contributed by atoms with Crippen LogP contribution in [0.5, 0.6) is 0 Å². The van der Waals surface area contributed by atoms with Gasteiger partial charge in [0.2, 0.25) is 0 Å². The first-order valence-corrected chi connectivity index (χ1v) is 6.08. The Morgan fingerprint density at radius 2 is 2.26 bits per heavy atom. The summed E-state index contributed by atoms with van der Waals surface area (Å²) in [6.45, 7) is 2.85. The Morgan fingerprint density at radius 1 is 1.47 bits per heavy atom. The fraction of sp³-hybridized carbons (Fsp3) is 0.364. The summed E-state index contributed by atoms with van der Waals surface area (Å²) in [5.74, 6) is -0.332. The molecule has 0 unspecified atom stereocenters. The van der Waals surface area contributed by atoms with Crippen molar-refractivity contribution in [1.82, 2.24) is 19.6 Å². The Labute approximate surface area is 115 Å². The van der Waals surface area contributed by atoms with Crippen molar-refractivity contribution in [2.24, 2.45) is 7.05 Å². The van der Waals surface area contributed by atoms with Gasteiger partial charge in [-0.3, -0.25) is 9.48 Å². The average Bonchev–Trinajstić information content (AvgIpc) is 2.94. The number of nitrogens with zero attached hydrogens (tertiary/aromatic N) is 4. The lowest BCUT2D eigenvalue weighted by atomic mass is 10.4. The van der Waals surface area contributed by atoms with Crippen LogP contribution in [0.25, 0.3) is 0 Å². The van der Waals surface area contributed by atoms with E-state index in [1.54, 1.807) is 24.1 Å². The van der Waals surface area contributed by atoms with Gasteiger partial charge in [-0.2, -0.15) is 10.2 Å². The molecular formula is C11H14ClN5O2. The van der Waals surface area contributed by atoms with Crippen LogP contribution in [0.4, 0.5) is 5.69 Å². The van der Waals surface area contributed by atoms with E-state index in [-0.39, 0.29) is 5.91 Å². The van der Waals surface area contributed by atoms with Crippen LogP contribution in [0.1, 0.15) is 17.4 Å². The number of hydrogen-bond donors (Lipinski definition) is 1. The SMILES string of the molecule is CCOCn1cc(NC(=O)c2c(Cl)cnn2C)cn1. The molecule has 2 aromatic rings. The number of ether oxygens (including phenoxy) is 1. The van der Waals surface area contributed by atoms with Gasteiger partial charge in [-0.25, -0.2) is 4.68 Å². The fourth-order valence-corrected chi connectivity index (χ4v) is 1.79. The molecule has 7 nitrogen and oxygen atoms in total. The van der Waals surface area contributed by atoms with E-state index in [2.05, 4.69) is 15.5 Å². The molecule has 0 aliphatic heterocycles. The third-order valence-electron chi connectivity index (χ3n) is 2.43. The second-order valence-corrected chi connectivity index (χ2v) is 4.22. The van der Waals surface area contributed by atoms with E-state index in [0.29, 0.717) is 29.7 Å². The summed E-state index contributed by atoms with van der Waals surface area (Å²) >= 11 is 5.89. The van der Waals surface area contributed by atoms with Gasteiger partial charge < -0.3 is 10.1 Å². The van der Waals surface area contributed by atoms with E-state index in [1.165, 1.54) is 10.9 Å². The molecule has 8 heteroatoms. The first-order valence-electron chi connectivity index (χ1n) is 5.71. The molecule has 0 saturated heterocycles. The Bertz CT molecular complexity index is 558. The van der Waals surface area contributed by atoms with Crippen molar-refractivity contribution in [3.8, 4) is 0 Å². The van der Waals surface area contributed by atoms with Crippen LogP contribution in [0.15, 0.2) is 18.6 Å². The van der Waals surface area contributed by atoms with Gasteiger partial charge >= 0.3 is 0 Å². The first-order chi connectivity index (χ1) is 9.11. The zero-order chi connectivity index (χ0) is 13.8. The molecule has 0 spiro atoms. The zero-order valence-corrected chi connectivity index (χ0v) is 11.4. The Morgan fingerprint density at radius 3 is 2.89 bits per heavy atom. The number of rotatable bonds is 5. The van der Waals surface area contributed by atoms with Crippen LogP contribution in [-0.2, 0) is 18.5 Å². The van der Waals surface area contributed by atoms with E-state index >= 15 is 0 Å². The molecule has 1 amide bonds. The Hall–Kier alpha value is -1.86. The number of aryl methyl sites for hydroxylation is 1. The standard InChI is InChI=1S/C11H14ClN5O2/c1-3-19-7-17-6-8(4-14-17)15-11(18)10-9(12)5-13-16(10)2/h4-6H,3,7H2,1-2H3,(H,15,18). The largest absolute Gasteiger partial charge is 0.360 e. The zero-order valence-electron chi connectivity index (χ0n) is 10.6. The quantitative estimate of drug-likeness (QED) is 0.903. The number of halogens is 1. The van der Waals surface area contributed by atoms with Crippen LogP contribution >= 0.6 is 11.6 Å². The highest BCUT2D eigenvalue weighted by molar-refractivity contribution is 6.34. The smallest absolute Gasteiger partial charge is 0.275 e. The van der Waals surface area contributed by atoms with Crippen LogP contribution in [0.3, 0.4) is 0 Å². The number of hydrogen-bond acceptors (Lipinski definition) is 4. The summed E-state index contributed by atoms with van der Waals surface area (Å²) in [6, 6.07) is 0. The molecule has 0 aliphatic carbocycles. The second-order valence-electron chi connectivity index (χ2n) is 3.81. The Balaban J connectivity index is 2.05. The molecule has 19 heavy (non-hydrogen) atoms. The number of nitrogens with one attached hydrogen (secondary N) is 1. The molecule has 0 atom stereocenters. The van der Waals surface area contributed by atoms with Crippen molar-refractivity contribution < 1.29 is 9.53 Å². The fourth-order valence-electron chi connectivity index (χ4n) is 1.54. The van der Waals surface area contributed by atoms with Gasteiger partial charge in [0, 0.05) is 13.7 Å². The lowest BCUT2D eigenvalue weighted by Crippen LogP contribution is -2.16. The molecule has 1 N–H and O–H groups in total. The van der Waals surface area contributed by atoms with Gasteiger partial charge in [0.15, 0.2) is 0 Å². The number of carbonyl (C=O) groups is 1. The van der Waals surface area contributed by atoms with Crippen molar-refractivity contribution in [2.45, 2.75) is 13.7 Å². The monoisotopic (exact) mass is 283 g/mol. The summed E-state index contributed by atoms with van der Waals surface area (Å²) in [6.07, 6.45) is 4.65. The third kappa shape index (κ3) is 3.12. The lowest BCUT2D eigenvalue weighted by Gasteiger charge is -2.03. The van der Waals surface area contributed by atoms with Gasteiger partial charge in [0.05, 0.1) is 29.3 Å². The van der Waals surface area contributed by atoms with Crippen molar-refractivity contribution >= 4 is 23.2 Å². The summed E-state index contributed by atoms with van der Waals surface area (Å²) < 4.78 is 8.21. The highest BCUT2D eigenvalue weighted by Gasteiger charge is 2.16. The molecule has 102 valence electrons. The number of anilines is 1. The second kappa shape index (κ2) is 5.85. The number of aromatic nitrogens is 4. The number of carbonyl (C=O) groups excluding carboxylic acids is 1. The van der Waals surface area contributed by atoms with Crippen molar-refractivity contribution in [3.63, 3.8) is 0 Å². The minimum Gasteiger partial charge on any atom is -0.360 e. The minimum absolute atomic E-state index is 0.305. The van der Waals surface area contributed by atoms with Gasteiger partial charge in [-0.1, -0.05) is 11.6 Å². The van der Waals surface area contributed by atoms with Crippen LogP contribution in [0, 0.1) is 0 Å². The Kier molecular flexibility index (Phi) is 4.18. The van der Waals surface area contributed by atoms with Crippen LogP contribution in [-0.4, -0.2) is 32.1 Å². The maximum absolute atomic E-state index is 12.0. The molecular weight excluding hydrogens is 270 g/mol. The van der Waals surface area contributed by atoms with Gasteiger partial charge in [0.25, 0.3) is 5.91 Å². The lowest BCUT2D eigenvalue weighted by molar-refractivity contribution is 0.0792. The molecule has 0 aliphatic rings. The predicted molar refractivity (Wildman–Crippen MR) is 70.0 cm³/mol. The number of amides is 1. The molecule has 0 fully saturated rings. The summed E-state index contributed by atoms with van der Waals surface area (Å²) in [5.41, 5.74) is 0.876. The van der Waals surface area contributed by atoms with E-state index < -0.39 is 0 Å². The van der Waals surface area contributed by atoms with E-state index in [0.717, 1.165) is 0 Å².